The highest BCUT2D eigenvalue weighted by atomic mass is 16.5. The molecule has 116 valence electrons. The summed E-state index contributed by atoms with van der Waals surface area (Å²) in [4.78, 5) is 18.6. The van der Waals surface area contributed by atoms with Crippen LogP contribution in [0.15, 0.2) is 41.3 Å². The Labute approximate surface area is 129 Å². The van der Waals surface area contributed by atoms with Crippen molar-refractivity contribution in [2.24, 2.45) is 0 Å². The molecule has 0 saturated carbocycles. The van der Waals surface area contributed by atoms with Gasteiger partial charge in [0.05, 0.1) is 18.9 Å². The monoisotopic (exact) mass is 300 g/mol. The van der Waals surface area contributed by atoms with Gasteiger partial charge in [0, 0.05) is 38.4 Å². The average Bonchev–Trinajstić information content (AvgIpc) is 2.58. The Morgan fingerprint density at radius 1 is 1.05 bits per heavy atom. The molecule has 0 aromatic carbocycles. The van der Waals surface area contributed by atoms with Crippen molar-refractivity contribution in [2.45, 2.75) is 13.0 Å². The standard InChI is InChI=1S/C16H20N4O2/c21-16-6-5-15(14-4-1-2-7-17-14)18-20(16)9-3-8-19-10-12-22-13-11-19/h1-2,4-7H,3,8-13H2. The molecule has 1 aliphatic rings. The SMILES string of the molecule is O=c1ccc(-c2ccccn2)nn1CCCN1CCOCC1. The third-order valence-electron chi connectivity index (χ3n) is 3.74. The first-order chi connectivity index (χ1) is 10.8. The van der Waals surface area contributed by atoms with Gasteiger partial charge in [-0.15, -0.1) is 0 Å². The van der Waals surface area contributed by atoms with E-state index in [9.17, 15) is 4.79 Å². The summed E-state index contributed by atoms with van der Waals surface area (Å²) in [7, 11) is 0. The molecule has 6 nitrogen and oxygen atoms in total. The predicted molar refractivity (Wildman–Crippen MR) is 83.6 cm³/mol. The maximum Gasteiger partial charge on any atom is 0.266 e. The number of nitrogens with zero attached hydrogens (tertiary/aromatic N) is 4. The minimum atomic E-state index is -0.0679. The van der Waals surface area contributed by atoms with Gasteiger partial charge < -0.3 is 4.74 Å². The molecule has 0 amide bonds. The van der Waals surface area contributed by atoms with Crippen molar-refractivity contribution < 1.29 is 4.74 Å². The van der Waals surface area contributed by atoms with E-state index in [2.05, 4.69) is 15.0 Å². The lowest BCUT2D eigenvalue weighted by Crippen LogP contribution is -2.37. The second kappa shape index (κ2) is 7.29. The van der Waals surface area contributed by atoms with Crippen molar-refractivity contribution in [2.75, 3.05) is 32.8 Å². The van der Waals surface area contributed by atoms with Crippen molar-refractivity contribution in [3.63, 3.8) is 0 Å². The normalized spacial score (nSPS) is 15.8. The second-order valence-corrected chi connectivity index (χ2v) is 5.30. The maximum absolute atomic E-state index is 11.9. The molecular weight excluding hydrogens is 280 g/mol. The van der Waals surface area contributed by atoms with Gasteiger partial charge >= 0.3 is 0 Å². The van der Waals surface area contributed by atoms with Crippen LogP contribution in [0.2, 0.25) is 0 Å². The summed E-state index contributed by atoms with van der Waals surface area (Å²) < 4.78 is 6.86. The van der Waals surface area contributed by atoms with Crippen molar-refractivity contribution >= 4 is 0 Å². The number of hydrogen-bond donors (Lipinski definition) is 0. The average molecular weight is 300 g/mol. The number of pyridine rings is 1. The number of morpholine rings is 1. The highest BCUT2D eigenvalue weighted by Gasteiger charge is 2.10. The van der Waals surface area contributed by atoms with Crippen LogP contribution < -0.4 is 5.56 Å². The third kappa shape index (κ3) is 3.78. The molecule has 0 unspecified atom stereocenters. The summed E-state index contributed by atoms with van der Waals surface area (Å²) >= 11 is 0. The van der Waals surface area contributed by atoms with Crippen molar-refractivity contribution in [1.29, 1.82) is 0 Å². The fourth-order valence-corrected chi connectivity index (χ4v) is 2.53. The quantitative estimate of drug-likeness (QED) is 0.825. The minimum absolute atomic E-state index is 0.0679. The fraction of sp³-hybridized carbons (Fsp3) is 0.438. The van der Waals surface area contributed by atoms with Crippen LogP contribution >= 0.6 is 0 Å². The van der Waals surface area contributed by atoms with Gasteiger partial charge in [-0.1, -0.05) is 6.07 Å². The van der Waals surface area contributed by atoms with E-state index in [1.165, 1.54) is 4.68 Å². The van der Waals surface area contributed by atoms with Crippen LogP contribution in [-0.4, -0.2) is 52.5 Å². The first-order valence-electron chi connectivity index (χ1n) is 7.62. The third-order valence-corrected chi connectivity index (χ3v) is 3.74. The molecule has 2 aromatic heterocycles. The summed E-state index contributed by atoms with van der Waals surface area (Å²) in [6, 6.07) is 8.96. The topological polar surface area (TPSA) is 60.2 Å². The number of aromatic nitrogens is 3. The molecule has 6 heteroatoms. The lowest BCUT2D eigenvalue weighted by molar-refractivity contribution is 0.0368. The second-order valence-electron chi connectivity index (χ2n) is 5.30. The Morgan fingerprint density at radius 3 is 2.68 bits per heavy atom. The Morgan fingerprint density at radius 2 is 1.91 bits per heavy atom. The fourth-order valence-electron chi connectivity index (χ4n) is 2.53. The van der Waals surface area contributed by atoms with Crippen LogP contribution in [-0.2, 0) is 11.3 Å². The maximum atomic E-state index is 11.9. The van der Waals surface area contributed by atoms with E-state index in [0.717, 1.165) is 50.7 Å². The molecule has 2 aromatic rings. The van der Waals surface area contributed by atoms with Crippen LogP contribution in [0.5, 0.6) is 0 Å². The van der Waals surface area contributed by atoms with Crippen LogP contribution in [0.25, 0.3) is 11.4 Å². The van der Waals surface area contributed by atoms with E-state index >= 15 is 0 Å². The minimum Gasteiger partial charge on any atom is -0.379 e. The molecule has 0 aliphatic carbocycles. The van der Waals surface area contributed by atoms with E-state index in [0.29, 0.717) is 6.54 Å². The molecular formula is C16H20N4O2. The Hall–Kier alpha value is -2.05. The Bertz CT molecular complexity index is 651. The molecule has 1 saturated heterocycles. The molecule has 22 heavy (non-hydrogen) atoms. The van der Waals surface area contributed by atoms with Crippen molar-refractivity contribution in [3.8, 4) is 11.4 Å². The van der Waals surface area contributed by atoms with Gasteiger partial charge in [-0.3, -0.25) is 14.7 Å². The lowest BCUT2D eigenvalue weighted by atomic mass is 10.2. The number of aryl methyl sites for hydroxylation is 1. The Kier molecular flexibility index (Phi) is 4.92. The first kappa shape index (κ1) is 14.9. The van der Waals surface area contributed by atoms with Gasteiger partial charge in [-0.25, -0.2) is 4.68 Å². The first-order valence-corrected chi connectivity index (χ1v) is 7.62. The smallest absolute Gasteiger partial charge is 0.266 e. The van der Waals surface area contributed by atoms with Crippen LogP contribution in [0.3, 0.4) is 0 Å². The van der Waals surface area contributed by atoms with Gasteiger partial charge in [0.15, 0.2) is 0 Å². The summed E-state index contributed by atoms with van der Waals surface area (Å²) in [5, 5.41) is 4.42. The van der Waals surface area contributed by atoms with Crippen LogP contribution in [0.1, 0.15) is 6.42 Å². The molecule has 1 aliphatic heterocycles. The van der Waals surface area contributed by atoms with Crippen LogP contribution in [0, 0.1) is 0 Å². The molecule has 3 rings (SSSR count). The van der Waals surface area contributed by atoms with Gasteiger partial charge in [0.2, 0.25) is 0 Å². The summed E-state index contributed by atoms with van der Waals surface area (Å²) in [6.45, 7) is 5.12. The molecule has 0 bridgehead atoms. The molecule has 0 spiro atoms. The zero-order valence-electron chi connectivity index (χ0n) is 12.5. The lowest BCUT2D eigenvalue weighted by Gasteiger charge is -2.26. The number of ether oxygens (including phenoxy) is 1. The van der Waals surface area contributed by atoms with E-state index in [1.807, 2.05) is 18.2 Å². The molecule has 3 heterocycles. The predicted octanol–water partition coefficient (Wildman–Crippen LogP) is 1.03. The molecule has 0 N–H and O–H groups in total. The van der Waals surface area contributed by atoms with Gasteiger partial charge in [0.1, 0.15) is 5.69 Å². The summed E-state index contributed by atoms with van der Waals surface area (Å²) in [5.74, 6) is 0. The number of hydrogen-bond acceptors (Lipinski definition) is 5. The zero-order chi connectivity index (χ0) is 15.2. The summed E-state index contributed by atoms with van der Waals surface area (Å²) in [6.07, 6.45) is 2.63. The van der Waals surface area contributed by atoms with E-state index in [1.54, 1.807) is 18.3 Å². The van der Waals surface area contributed by atoms with E-state index in [-0.39, 0.29) is 5.56 Å². The highest BCUT2D eigenvalue weighted by Crippen LogP contribution is 2.10. The van der Waals surface area contributed by atoms with E-state index in [4.69, 9.17) is 4.74 Å². The summed E-state index contributed by atoms with van der Waals surface area (Å²) in [5.41, 5.74) is 1.44. The van der Waals surface area contributed by atoms with Crippen molar-refractivity contribution in [1.82, 2.24) is 19.7 Å². The van der Waals surface area contributed by atoms with Gasteiger partial charge in [-0.05, 0) is 24.6 Å². The number of rotatable bonds is 5. The van der Waals surface area contributed by atoms with Crippen molar-refractivity contribution in [3.05, 3.63) is 46.9 Å². The molecule has 1 fully saturated rings. The van der Waals surface area contributed by atoms with Gasteiger partial charge in [-0.2, -0.15) is 5.10 Å². The van der Waals surface area contributed by atoms with Crippen LogP contribution in [0.4, 0.5) is 0 Å². The molecule has 0 radical (unpaired) electrons. The van der Waals surface area contributed by atoms with Gasteiger partial charge in [0.25, 0.3) is 5.56 Å². The molecule has 0 atom stereocenters. The zero-order valence-corrected chi connectivity index (χ0v) is 12.5. The highest BCUT2D eigenvalue weighted by molar-refractivity contribution is 5.52. The Balaban J connectivity index is 1.64. The van der Waals surface area contributed by atoms with E-state index < -0.39 is 0 Å². The largest absolute Gasteiger partial charge is 0.379 e.